The fraction of sp³-hybridized carbons (Fsp3) is 0.231. The van der Waals surface area contributed by atoms with Gasteiger partial charge in [0.05, 0.1) is 5.69 Å². The minimum atomic E-state index is -0.165. The van der Waals surface area contributed by atoms with E-state index in [0.717, 1.165) is 17.0 Å². The number of fused-ring (bicyclic) bond motifs is 1. The van der Waals surface area contributed by atoms with E-state index in [1.807, 2.05) is 29.8 Å². The summed E-state index contributed by atoms with van der Waals surface area (Å²) in [5.74, 6) is 0. The number of aliphatic hydroxyl groups excluding tert-OH is 1. The maximum absolute atomic E-state index is 12.3. The van der Waals surface area contributed by atoms with Gasteiger partial charge in [0.2, 0.25) is 0 Å². The number of nitrogens with zero attached hydrogens (tertiary/aromatic N) is 2. The summed E-state index contributed by atoms with van der Waals surface area (Å²) >= 11 is 1.59. The van der Waals surface area contributed by atoms with Crippen molar-refractivity contribution in [2.75, 3.05) is 6.61 Å². The Kier molecular flexibility index (Phi) is 2.96. The molecule has 2 N–H and O–H groups in total. The lowest BCUT2D eigenvalue weighted by Gasteiger charge is -2.03. The average Bonchev–Trinajstić information content (AvgIpc) is 3.02. The highest BCUT2D eigenvalue weighted by Gasteiger charge is 2.12. The maximum Gasteiger partial charge on any atom is 0.277 e. The van der Waals surface area contributed by atoms with Gasteiger partial charge in [-0.3, -0.25) is 4.79 Å². The van der Waals surface area contributed by atoms with Gasteiger partial charge in [0.1, 0.15) is 5.65 Å². The Balaban J connectivity index is 2.24. The quantitative estimate of drug-likeness (QED) is 0.762. The van der Waals surface area contributed by atoms with E-state index in [1.165, 1.54) is 4.52 Å². The number of aromatic amines is 1. The molecule has 0 amide bonds. The zero-order valence-electron chi connectivity index (χ0n) is 10.4. The molecule has 0 spiro atoms. The van der Waals surface area contributed by atoms with Gasteiger partial charge in [-0.15, -0.1) is 0 Å². The van der Waals surface area contributed by atoms with E-state index in [-0.39, 0.29) is 12.2 Å². The van der Waals surface area contributed by atoms with E-state index >= 15 is 0 Å². The molecule has 0 saturated carbocycles. The molecule has 0 bridgehead atoms. The first kappa shape index (κ1) is 12.1. The second kappa shape index (κ2) is 4.64. The zero-order chi connectivity index (χ0) is 13.4. The van der Waals surface area contributed by atoms with Crippen LogP contribution in [0.4, 0.5) is 0 Å². The fourth-order valence-corrected chi connectivity index (χ4v) is 2.79. The zero-order valence-corrected chi connectivity index (χ0v) is 11.2. The SMILES string of the molecule is Cc1[nH]c2cc(-c3ccsc3)nn2c(=O)c1CCO. The molecule has 0 atom stereocenters. The monoisotopic (exact) mass is 275 g/mol. The number of rotatable bonds is 3. The van der Waals surface area contributed by atoms with E-state index in [4.69, 9.17) is 5.11 Å². The van der Waals surface area contributed by atoms with Crippen molar-refractivity contribution in [3.63, 3.8) is 0 Å². The largest absolute Gasteiger partial charge is 0.396 e. The number of aromatic nitrogens is 3. The molecule has 0 radical (unpaired) electrons. The molecule has 3 aromatic heterocycles. The molecule has 3 aromatic rings. The van der Waals surface area contributed by atoms with Gasteiger partial charge in [-0.25, -0.2) is 0 Å². The van der Waals surface area contributed by atoms with Crippen molar-refractivity contribution in [2.24, 2.45) is 0 Å². The van der Waals surface area contributed by atoms with Crippen molar-refractivity contribution >= 4 is 17.0 Å². The number of thiophene rings is 1. The lowest BCUT2D eigenvalue weighted by atomic mass is 10.2. The van der Waals surface area contributed by atoms with Crippen molar-refractivity contribution in [3.05, 3.63) is 44.5 Å². The topological polar surface area (TPSA) is 70.4 Å². The number of hydrogen-bond donors (Lipinski definition) is 2. The van der Waals surface area contributed by atoms with Gasteiger partial charge in [0.15, 0.2) is 0 Å². The highest BCUT2D eigenvalue weighted by molar-refractivity contribution is 7.08. The first-order chi connectivity index (χ1) is 9.20. The van der Waals surface area contributed by atoms with Crippen molar-refractivity contribution in [3.8, 4) is 11.3 Å². The molecule has 0 unspecified atom stereocenters. The lowest BCUT2D eigenvalue weighted by molar-refractivity contribution is 0.298. The van der Waals surface area contributed by atoms with Crippen LogP contribution in [0.1, 0.15) is 11.3 Å². The summed E-state index contributed by atoms with van der Waals surface area (Å²) in [4.78, 5) is 15.5. The third kappa shape index (κ3) is 1.98. The van der Waals surface area contributed by atoms with Crippen LogP contribution in [-0.2, 0) is 6.42 Å². The molecule has 98 valence electrons. The summed E-state index contributed by atoms with van der Waals surface area (Å²) in [6.45, 7) is 1.79. The van der Waals surface area contributed by atoms with E-state index in [9.17, 15) is 4.79 Å². The smallest absolute Gasteiger partial charge is 0.277 e. The second-order valence-electron chi connectivity index (χ2n) is 4.35. The first-order valence-corrected chi connectivity index (χ1v) is 6.90. The number of aryl methyl sites for hydroxylation is 1. The molecular weight excluding hydrogens is 262 g/mol. The van der Waals surface area contributed by atoms with Gasteiger partial charge < -0.3 is 10.1 Å². The van der Waals surface area contributed by atoms with Gasteiger partial charge >= 0.3 is 0 Å². The summed E-state index contributed by atoms with van der Waals surface area (Å²) in [6.07, 6.45) is 0.338. The molecule has 0 aromatic carbocycles. The van der Waals surface area contributed by atoms with E-state index < -0.39 is 0 Å². The van der Waals surface area contributed by atoms with Gasteiger partial charge in [-0.2, -0.15) is 21.0 Å². The number of H-pyrrole nitrogens is 1. The Morgan fingerprint density at radius 1 is 1.53 bits per heavy atom. The third-order valence-electron chi connectivity index (χ3n) is 3.11. The van der Waals surface area contributed by atoms with Crippen LogP contribution in [0.15, 0.2) is 27.7 Å². The van der Waals surface area contributed by atoms with E-state index in [1.54, 1.807) is 11.3 Å². The van der Waals surface area contributed by atoms with E-state index in [0.29, 0.717) is 17.6 Å². The van der Waals surface area contributed by atoms with Crippen LogP contribution < -0.4 is 5.56 Å². The molecule has 19 heavy (non-hydrogen) atoms. The van der Waals surface area contributed by atoms with Crippen LogP contribution in [0.5, 0.6) is 0 Å². The number of nitrogens with one attached hydrogen (secondary N) is 1. The molecule has 3 heterocycles. The molecule has 0 aliphatic rings. The average molecular weight is 275 g/mol. The first-order valence-electron chi connectivity index (χ1n) is 5.95. The van der Waals surface area contributed by atoms with Crippen LogP contribution in [0.25, 0.3) is 16.9 Å². The molecule has 3 rings (SSSR count). The predicted octanol–water partition coefficient (Wildman–Crippen LogP) is 1.59. The van der Waals surface area contributed by atoms with Gasteiger partial charge in [0, 0.05) is 41.3 Å². The van der Waals surface area contributed by atoms with Crippen LogP contribution in [0, 0.1) is 6.92 Å². The number of hydrogen-bond acceptors (Lipinski definition) is 4. The summed E-state index contributed by atoms with van der Waals surface area (Å²) in [5, 5.41) is 17.3. The molecule has 0 aliphatic carbocycles. The van der Waals surface area contributed by atoms with Crippen molar-refractivity contribution in [2.45, 2.75) is 13.3 Å². The van der Waals surface area contributed by atoms with Crippen LogP contribution in [0.3, 0.4) is 0 Å². The lowest BCUT2D eigenvalue weighted by Crippen LogP contribution is -2.22. The highest BCUT2D eigenvalue weighted by atomic mass is 32.1. The van der Waals surface area contributed by atoms with Crippen molar-refractivity contribution < 1.29 is 5.11 Å². The second-order valence-corrected chi connectivity index (χ2v) is 5.13. The molecule has 5 nitrogen and oxygen atoms in total. The molecule has 0 fully saturated rings. The van der Waals surface area contributed by atoms with Gasteiger partial charge in [0.25, 0.3) is 5.56 Å². The summed E-state index contributed by atoms with van der Waals surface area (Å²) in [5.41, 5.74) is 3.64. The molecule has 6 heteroatoms. The minimum absolute atomic E-state index is 0.0475. The summed E-state index contributed by atoms with van der Waals surface area (Å²) in [6, 6.07) is 3.83. The number of aliphatic hydroxyl groups is 1. The highest BCUT2D eigenvalue weighted by Crippen LogP contribution is 2.21. The Hall–Kier alpha value is -1.92. The summed E-state index contributed by atoms with van der Waals surface area (Å²) < 4.78 is 1.37. The normalized spacial score (nSPS) is 11.3. The minimum Gasteiger partial charge on any atom is -0.396 e. The standard InChI is InChI=1S/C13H13N3O2S/c1-8-10(2-4-17)13(18)16-12(14-8)6-11(15-16)9-3-5-19-7-9/h3,5-7,14,17H,2,4H2,1H3. The molecule has 0 saturated heterocycles. The third-order valence-corrected chi connectivity index (χ3v) is 3.79. The maximum atomic E-state index is 12.3. The Morgan fingerprint density at radius 3 is 3.05 bits per heavy atom. The Bertz CT molecular complexity index is 771. The Labute approximate surface area is 113 Å². The van der Waals surface area contributed by atoms with Gasteiger partial charge in [-0.1, -0.05) is 0 Å². The van der Waals surface area contributed by atoms with Gasteiger partial charge in [-0.05, 0) is 18.4 Å². The van der Waals surface area contributed by atoms with Crippen molar-refractivity contribution in [1.82, 2.24) is 14.6 Å². The molecule has 0 aliphatic heterocycles. The van der Waals surface area contributed by atoms with Crippen molar-refractivity contribution in [1.29, 1.82) is 0 Å². The van der Waals surface area contributed by atoms with Crippen LogP contribution in [-0.4, -0.2) is 26.3 Å². The molecular formula is C13H13N3O2S. The Morgan fingerprint density at radius 2 is 2.37 bits per heavy atom. The summed E-state index contributed by atoms with van der Waals surface area (Å²) in [7, 11) is 0. The van der Waals surface area contributed by atoms with Crippen LogP contribution in [0.2, 0.25) is 0 Å². The predicted molar refractivity (Wildman–Crippen MR) is 74.7 cm³/mol. The fourth-order valence-electron chi connectivity index (χ4n) is 2.14. The van der Waals surface area contributed by atoms with E-state index in [2.05, 4.69) is 10.1 Å². The van der Waals surface area contributed by atoms with Crippen LogP contribution >= 0.6 is 11.3 Å².